The third-order valence-corrected chi connectivity index (χ3v) is 4.42. The summed E-state index contributed by atoms with van der Waals surface area (Å²) in [5.41, 5.74) is 1.54. The zero-order chi connectivity index (χ0) is 19.7. The van der Waals surface area contributed by atoms with Gasteiger partial charge in [-0.25, -0.2) is 8.78 Å². The fourth-order valence-electron chi connectivity index (χ4n) is 3.09. The predicted octanol–water partition coefficient (Wildman–Crippen LogP) is 4.29. The zero-order valence-corrected chi connectivity index (χ0v) is 15.0. The average molecular weight is 385 g/mol. The van der Waals surface area contributed by atoms with E-state index < -0.39 is 23.1 Å². The van der Waals surface area contributed by atoms with Crippen molar-refractivity contribution in [3.63, 3.8) is 0 Å². The van der Waals surface area contributed by atoms with E-state index in [4.69, 9.17) is 9.47 Å². The third kappa shape index (κ3) is 3.17. The predicted molar refractivity (Wildman–Crippen MR) is 98.5 cm³/mol. The van der Waals surface area contributed by atoms with E-state index >= 15 is 0 Å². The van der Waals surface area contributed by atoms with Gasteiger partial charge in [0.2, 0.25) is 6.79 Å². The van der Waals surface area contributed by atoms with Gasteiger partial charge in [-0.05, 0) is 36.8 Å². The Morgan fingerprint density at radius 2 is 1.93 bits per heavy atom. The molecule has 1 aliphatic rings. The Kier molecular flexibility index (Phi) is 4.68. The number of aryl methyl sites for hydroxylation is 1. The van der Waals surface area contributed by atoms with Gasteiger partial charge in [0.05, 0.1) is 11.4 Å². The van der Waals surface area contributed by atoms with Crippen molar-refractivity contribution in [3.05, 3.63) is 59.3 Å². The number of aromatic nitrogens is 2. The standard InChI is InChI=1S/C20H17F2N3O3/c1-2-4-14-19(23-20(26)17-12(21)5-3-6-13(17)22)18(25-24-14)11-7-8-15-16(9-11)28-10-27-15/h3,5-9H,2,4,10H2,1H3,(H,23,26)(H,24,25). The fourth-order valence-corrected chi connectivity index (χ4v) is 3.09. The Balaban J connectivity index is 1.73. The van der Waals surface area contributed by atoms with Crippen LogP contribution in [0, 0.1) is 11.6 Å². The Morgan fingerprint density at radius 3 is 2.68 bits per heavy atom. The maximum absolute atomic E-state index is 14.0. The first kappa shape index (κ1) is 18.0. The Labute approximate surface area is 159 Å². The van der Waals surface area contributed by atoms with E-state index in [2.05, 4.69) is 15.5 Å². The monoisotopic (exact) mass is 385 g/mol. The van der Waals surface area contributed by atoms with Crippen molar-refractivity contribution >= 4 is 11.6 Å². The number of ether oxygens (including phenoxy) is 2. The van der Waals surface area contributed by atoms with Gasteiger partial charge in [-0.15, -0.1) is 0 Å². The van der Waals surface area contributed by atoms with E-state index in [1.807, 2.05) is 6.92 Å². The van der Waals surface area contributed by atoms with Gasteiger partial charge in [0.1, 0.15) is 22.9 Å². The highest BCUT2D eigenvalue weighted by Crippen LogP contribution is 2.38. The number of aromatic amines is 1. The van der Waals surface area contributed by atoms with Crippen molar-refractivity contribution in [2.24, 2.45) is 0 Å². The molecule has 0 saturated carbocycles. The van der Waals surface area contributed by atoms with Gasteiger partial charge in [0, 0.05) is 5.56 Å². The fraction of sp³-hybridized carbons (Fsp3) is 0.200. The van der Waals surface area contributed by atoms with Crippen molar-refractivity contribution in [3.8, 4) is 22.8 Å². The SMILES string of the molecule is CCCc1[nH]nc(-c2ccc3c(c2)OCO3)c1NC(=O)c1c(F)cccc1F. The van der Waals surface area contributed by atoms with Crippen LogP contribution >= 0.6 is 0 Å². The number of nitrogens with one attached hydrogen (secondary N) is 2. The van der Waals surface area contributed by atoms with Crippen LogP contribution in [0.25, 0.3) is 11.3 Å². The average Bonchev–Trinajstić information content (AvgIpc) is 3.28. The molecular weight excluding hydrogens is 368 g/mol. The largest absolute Gasteiger partial charge is 0.454 e. The highest BCUT2D eigenvalue weighted by Gasteiger charge is 2.23. The lowest BCUT2D eigenvalue weighted by Gasteiger charge is -2.10. The maximum atomic E-state index is 14.0. The van der Waals surface area contributed by atoms with Crippen LogP contribution in [0.3, 0.4) is 0 Å². The van der Waals surface area contributed by atoms with Gasteiger partial charge in [-0.1, -0.05) is 19.4 Å². The lowest BCUT2D eigenvalue weighted by molar-refractivity contribution is 0.101. The number of fused-ring (bicyclic) bond motifs is 1. The number of benzene rings is 2. The van der Waals surface area contributed by atoms with Crippen LogP contribution in [0.4, 0.5) is 14.5 Å². The molecule has 0 aliphatic carbocycles. The summed E-state index contributed by atoms with van der Waals surface area (Å²) < 4.78 is 38.7. The zero-order valence-electron chi connectivity index (χ0n) is 15.0. The second kappa shape index (κ2) is 7.30. The quantitative estimate of drug-likeness (QED) is 0.687. The molecule has 0 fully saturated rings. The molecule has 0 spiro atoms. The van der Waals surface area contributed by atoms with E-state index in [-0.39, 0.29) is 6.79 Å². The van der Waals surface area contributed by atoms with E-state index in [1.54, 1.807) is 18.2 Å². The third-order valence-electron chi connectivity index (χ3n) is 4.42. The normalized spacial score (nSPS) is 12.2. The van der Waals surface area contributed by atoms with Gasteiger partial charge in [-0.3, -0.25) is 9.89 Å². The number of nitrogens with zero attached hydrogens (tertiary/aromatic N) is 1. The van der Waals surface area contributed by atoms with Crippen molar-refractivity contribution < 1.29 is 23.0 Å². The summed E-state index contributed by atoms with van der Waals surface area (Å²) in [7, 11) is 0. The summed E-state index contributed by atoms with van der Waals surface area (Å²) in [4.78, 5) is 12.6. The molecule has 2 aromatic carbocycles. The first-order chi connectivity index (χ1) is 13.6. The number of anilines is 1. The molecule has 3 aromatic rings. The lowest BCUT2D eigenvalue weighted by Crippen LogP contribution is -2.17. The van der Waals surface area contributed by atoms with E-state index in [0.29, 0.717) is 40.6 Å². The number of hydrogen-bond acceptors (Lipinski definition) is 4. The van der Waals surface area contributed by atoms with E-state index in [1.165, 1.54) is 6.07 Å². The van der Waals surface area contributed by atoms with Crippen LogP contribution < -0.4 is 14.8 Å². The van der Waals surface area contributed by atoms with Crippen molar-refractivity contribution in [1.29, 1.82) is 0 Å². The van der Waals surface area contributed by atoms with Crippen LogP contribution in [0.1, 0.15) is 29.4 Å². The summed E-state index contributed by atoms with van der Waals surface area (Å²) >= 11 is 0. The molecule has 144 valence electrons. The molecule has 2 N–H and O–H groups in total. The van der Waals surface area contributed by atoms with Crippen LogP contribution in [-0.4, -0.2) is 22.9 Å². The minimum atomic E-state index is -0.928. The molecular formula is C20H17F2N3O3. The Bertz CT molecular complexity index is 1030. The van der Waals surface area contributed by atoms with Crippen molar-refractivity contribution in [2.75, 3.05) is 12.1 Å². The minimum absolute atomic E-state index is 0.136. The first-order valence-electron chi connectivity index (χ1n) is 8.81. The molecule has 6 nitrogen and oxygen atoms in total. The molecule has 1 amide bonds. The lowest BCUT2D eigenvalue weighted by atomic mass is 10.1. The number of rotatable bonds is 5. The molecule has 0 saturated heterocycles. The molecule has 0 radical (unpaired) electrons. The topological polar surface area (TPSA) is 76.2 Å². The van der Waals surface area contributed by atoms with Gasteiger partial charge >= 0.3 is 0 Å². The number of carbonyl (C=O) groups is 1. The molecule has 8 heteroatoms. The smallest absolute Gasteiger partial charge is 0.261 e. The number of halogens is 2. The molecule has 1 aromatic heterocycles. The summed E-state index contributed by atoms with van der Waals surface area (Å²) in [6.45, 7) is 2.11. The number of carbonyl (C=O) groups excluding carboxylic acids is 1. The molecule has 0 unspecified atom stereocenters. The van der Waals surface area contributed by atoms with Crippen LogP contribution in [0.15, 0.2) is 36.4 Å². The minimum Gasteiger partial charge on any atom is -0.454 e. The second-order valence-corrected chi connectivity index (χ2v) is 6.29. The second-order valence-electron chi connectivity index (χ2n) is 6.29. The summed E-state index contributed by atoms with van der Waals surface area (Å²) in [6, 6.07) is 8.55. The highest BCUT2D eigenvalue weighted by molar-refractivity contribution is 6.06. The first-order valence-corrected chi connectivity index (χ1v) is 8.81. The molecule has 0 bridgehead atoms. The molecule has 28 heavy (non-hydrogen) atoms. The van der Waals surface area contributed by atoms with Gasteiger partial charge in [-0.2, -0.15) is 5.10 Å². The van der Waals surface area contributed by atoms with Crippen molar-refractivity contribution in [2.45, 2.75) is 19.8 Å². The van der Waals surface area contributed by atoms with Crippen LogP contribution in [0.2, 0.25) is 0 Å². The summed E-state index contributed by atoms with van der Waals surface area (Å²) in [5.74, 6) is -1.55. The maximum Gasteiger partial charge on any atom is 0.261 e. The van der Waals surface area contributed by atoms with Crippen LogP contribution in [-0.2, 0) is 6.42 Å². The Morgan fingerprint density at radius 1 is 1.18 bits per heavy atom. The summed E-state index contributed by atoms with van der Waals surface area (Å²) in [6.07, 6.45) is 1.40. The van der Waals surface area contributed by atoms with Crippen molar-refractivity contribution in [1.82, 2.24) is 10.2 Å². The molecule has 1 aliphatic heterocycles. The number of hydrogen-bond donors (Lipinski definition) is 2. The highest BCUT2D eigenvalue weighted by atomic mass is 19.1. The van der Waals surface area contributed by atoms with E-state index in [0.717, 1.165) is 18.6 Å². The van der Waals surface area contributed by atoms with Gasteiger partial charge < -0.3 is 14.8 Å². The molecule has 0 atom stereocenters. The van der Waals surface area contributed by atoms with Gasteiger partial charge in [0.25, 0.3) is 5.91 Å². The molecule has 2 heterocycles. The summed E-state index contributed by atoms with van der Waals surface area (Å²) in [5, 5.41) is 9.83. The van der Waals surface area contributed by atoms with E-state index in [9.17, 15) is 13.6 Å². The number of H-pyrrole nitrogens is 1. The molecule has 4 rings (SSSR count). The Hall–Kier alpha value is -3.42. The van der Waals surface area contributed by atoms with Gasteiger partial charge in [0.15, 0.2) is 11.5 Å². The number of amides is 1. The van der Waals surface area contributed by atoms with Crippen LogP contribution in [0.5, 0.6) is 11.5 Å².